The van der Waals surface area contributed by atoms with Crippen LogP contribution in [0.3, 0.4) is 0 Å². The van der Waals surface area contributed by atoms with Gasteiger partial charge < -0.3 is 5.11 Å². The number of aliphatic hydroxyl groups excluding tert-OH is 1. The minimum Gasteiger partial charge on any atom is -0.388 e. The van der Waals surface area contributed by atoms with Crippen molar-refractivity contribution in [2.75, 3.05) is 0 Å². The number of hydrogen-bond donors (Lipinski definition) is 1. The van der Waals surface area contributed by atoms with Crippen LogP contribution < -0.4 is 0 Å². The van der Waals surface area contributed by atoms with Gasteiger partial charge in [-0.1, -0.05) is 36.4 Å². The van der Waals surface area contributed by atoms with Gasteiger partial charge in [0.25, 0.3) is 0 Å². The van der Waals surface area contributed by atoms with Crippen LogP contribution in [0.2, 0.25) is 0 Å². The molecule has 7 heteroatoms. The van der Waals surface area contributed by atoms with E-state index in [0.717, 1.165) is 44.1 Å². The summed E-state index contributed by atoms with van der Waals surface area (Å²) < 4.78 is 1.84. The fraction of sp³-hybridized carbons (Fsp3) is 0.500. The molecule has 33 heavy (non-hydrogen) atoms. The van der Waals surface area contributed by atoms with Crippen LogP contribution in [0.25, 0.3) is 0 Å². The Labute approximate surface area is 193 Å². The predicted molar refractivity (Wildman–Crippen MR) is 121 cm³/mol. The third-order valence-corrected chi connectivity index (χ3v) is 8.21. The van der Waals surface area contributed by atoms with Crippen molar-refractivity contribution in [2.24, 2.45) is 29.6 Å². The van der Waals surface area contributed by atoms with Crippen molar-refractivity contribution in [1.82, 2.24) is 25.2 Å². The lowest BCUT2D eigenvalue weighted by atomic mass is 9.91. The number of tetrazole rings is 1. The number of fused-ring (bicyclic) bond motifs is 1. The molecular formula is C26H29N5O2. The summed E-state index contributed by atoms with van der Waals surface area (Å²) in [7, 11) is 0. The second-order valence-corrected chi connectivity index (χ2v) is 10.2. The van der Waals surface area contributed by atoms with Gasteiger partial charge in [0.1, 0.15) is 12.0 Å². The summed E-state index contributed by atoms with van der Waals surface area (Å²) in [6.07, 6.45) is 9.17. The minimum atomic E-state index is -0.382. The van der Waals surface area contributed by atoms with Crippen molar-refractivity contribution in [3.63, 3.8) is 0 Å². The first-order valence-electron chi connectivity index (χ1n) is 12.1. The van der Waals surface area contributed by atoms with E-state index in [9.17, 15) is 9.90 Å². The molecule has 7 atom stereocenters. The molecule has 3 aliphatic carbocycles. The number of rotatable bonds is 7. The normalized spacial score (nSPS) is 31.3. The maximum atomic E-state index is 13.0. The quantitative estimate of drug-likeness (QED) is 0.558. The molecule has 0 spiro atoms. The zero-order valence-corrected chi connectivity index (χ0v) is 18.6. The molecule has 3 saturated carbocycles. The molecule has 2 aromatic heterocycles. The number of carbonyl (C=O) groups excluding carboxylic acids is 1. The van der Waals surface area contributed by atoms with Crippen LogP contribution in [0.5, 0.6) is 0 Å². The second-order valence-electron chi connectivity index (χ2n) is 10.2. The Morgan fingerprint density at radius 1 is 1.06 bits per heavy atom. The van der Waals surface area contributed by atoms with E-state index in [0.29, 0.717) is 35.4 Å². The van der Waals surface area contributed by atoms with E-state index in [1.54, 1.807) is 6.33 Å². The van der Waals surface area contributed by atoms with Gasteiger partial charge in [-0.05, 0) is 89.8 Å². The number of aliphatic hydroxyl groups is 1. The monoisotopic (exact) mass is 443 g/mol. The molecule has 0 radical (unpaired) electrons. The number of Topliss-reactive ketones (excluding diaryl/α,β-unsaturated/α-hetero) is 1. The van der Waals surface area contributed by atoms with Crippen molar-refractivity contribution >= 4 is 5.78 Å². The van der Waals surface area contributed by atoms with Gasteiger partial charge in [0, 0.05) is 12.1 Å². The molecule has 6 rings (SSSR count). The van der Waals surface area contributed by atoms with Gasteiger partial charge in [-0.25, -0.2) is 4.68 Å². The Morgan fingerprint density at radius 2 is 1.88 bits per heavy atom. The van der Waals surface area contributed by atoms with Crippen LogP contribution in [-0.2, 0) is 6.42 Å². The highest BCUT2D eigenvalue weighted by Crippen LogP contribution is 2.62. The summed E-state index contributed by atoms with van der Waals surface area (Å²) in [5, 5.41) is 22.2. The fourth-order valence-electron chi connectivity index (χ4n) is 6.46. The topological polar surface area (TPSA) is 93.8 Å². The lowest BCUT2D eigenvalue weighted by Crippen LogP contribution is -2.17. The van der Waals surface area contributed by atoms with Crippen LogP contribution in [0.15, 0.2) is 55.0 Å². The first-order chi connectivity index (χ1) is 16.2. The molecule has 7 nitrogen and oxygen atoms in total. The fourth-order valence-corrected chi connectivity index (χ4v) is 6.46. The molecule has 0 amide bonds. The number of pyridine rings is 1. The Kier molecular flexibility index (Phi) is 5.29. The Bertz CT molecular complexity index is 1090. The number of ketones is 1. The summed E-state index contributed by atoms with van der Waals surface area (Å²) in [5.74, 6) is 2.16. The Hall–Kier alpha value is -2.93. The van der Waals surface area contributed by atoms with Gasteiger partial charge in [0.2, 0.25) is 0 Å². The molecule has 2 unspecified atom stereocenters. The largest absolute Gasteiger partial charge is 0.388 e. The lowest BCUT2D eigenvalue weighted by Gasteiger charge is -2.19. The third-order valence-electron chi connectivity index (χ3n) is 8.21. The van der Waals surface area contributed by atoms with Crippen molar-refractivity contribution in [2.45, 2.75) is 50.7 Å². The summed E-state index contributed by atoms with van der Waals surface area (Å²) >= 11 is 0. The van der Waals surface area contributed by atoms with Crippen LogP contribution in [-0.4, -0.2) is 36.1 Å². The van der Waals surface area contributed by atoms with Crippen LogP contribution >= 0.6 is 0 Å². The maximum absolute atomic E-state index is 13.0. The molecular weight excluding hydrogens is 414 g/mol. The zero-order chi connectivity index (χ0) is 22.4. The molecule has 3 fully saturated rings. The lowest BCUT2D eigenvalue weighted by molar-refractivity contribution is 0.0905. The molecule has 3 aromatic rings. The predicted octanol–water partition coefficient (Wildman–Crippen LogP) is 3.84. The molecule has 1 aromatic carbocycles. The van der Waals surface area contributed by atoms with Gasteiger partial charge in [0.15, 0.2) is 5.78 Å². The van der Waals surface area contributed by atoms with Crippen molar-refractivity contribution in [3.8, 4) is 0 Å². The molecule has 0 saturated heterocycles. The van der Waals surface area contributed by atoms with E-state index in [1.165, 1.54) is 5.56 Å². The highest BCUT2D eigenvalue weighted by molar-refractivity contribution is 5.96. The summed E-state index contributed by atoms with van der Waals surface area (Å²) in [6, 6.07) is 14.3. The van der Waals surface area contributed by atoms with E-state index in [2.05, 4.69) is 26.6 Å². The van der Waals surface area contributed by atoms with Gasteiger partial charge in [-0.15, -0.1) is 5.10 Å². The highest BCUT2D eigenvalue weighted by Gasteiger charge is 2.59. The summed E-state index contributed by atoms with van der Waals surface area (Å²) in [4.78, 5) is 17.5. The zero-order valence-electron chi connectivity index (χ0n) is 18.6. The molecule has 0 bridgehead atoms. The number of benzene rings is 1. The van der Waals surface area contributed by atoms with Gasteiger partial charge in [0.05, 0.1) is 12.1 Å². The van der Waals surface area contributed by atoms with E-state index in [4.69, 9.17) is 0 Å². The van der Waals surface area contributed by atoms with Gasteiger partial charge >= 0.3 is 0 Å². The summed E-state index contributed by atoms with van der Waals surface area (Å²) in [6.45, 7) is 0. The van der Waals surface area contributed by atoms with Crippen LogP contribution in [0, 0.1) is 29.6 Å². The van der Waals surface area contributed by atoms with E-state index >= 15 is 0 Å². The van der Waals surface area contributed by atoms with Crippen molar-refractivity contribution < 1.29 is 9.90 Å². The van der Waals surface area contributed by atoms with Crippen LogP contribution in [0.1, 0.15) is 65.9 Å². The first-order valence-corrected chi connectivity index (χ1v) is 12.1. The van der Waals surface area contributed by atoms with Gasteiger partial charge in [-0.3, -0.25) is 9.78 Å². The van der Waals surface area contributed by atoms with Crippen molar-refractivity contribution in [3.05, 3.63) is 71.8 Å². The SMILES string of the molecule is O=C(c1ccc(C[C@@H]2CC[C@H]([C@H](O)c3ccccc3)C2)cn1)C1C[C@@H]2C(n3cnnn3)[C@@H]2C1. The summed E-state index contributed by atoms with van der Waals surface area (Å²) in [5.41, 5.74) is 2.79. The Balaban J connectivity index is 1.02. The van der Waals surface area contributed by atoms with Crippen molar-refractivity contribution in [1.29, 1.82) is 0 Å². The minimum absolute atomic E-state index is 0.0705. The highest BCUT2D eigenvalue weighted by atomic mass is 16.3. The van der Waals surface area contributed by atoms with E-state index in [1.807, 2.05) is 47.3 Å². The van der Waals surface area contributed by atoms with E-state index < -0.39 is 0 Å². The van der Waals surface area contributed by atoms with E-state index in [-0.39, 0.29) is 17.8 Å². The molecule has 2 heterocycles. The second kappa shape index (κ2) is 8.45. The average molecular weight is 444 g/mol. The average Bonchev–Trinajstić information content (AvgIpc) is 3.38. The van der Waals surface area contributed by atoms with Crippen LogP contribution in [0.4, 0.5) is 0 Å². The smallest absolute Gasteiger partial charge is 0.184 e. The number of carbonyl (C=O) groups is 1. The van der Waals surface area contributed by atoms with Gasteiger partial charge in [-0.2, -0.15) is 0 Å². The third kappa shape index (κ3) is 3.99. The first kappa shape index (κ1) is 20.7. The standard InChI is InChI=1S/C26H29N5O2/c32-25(18-4-2-1-3-5-18)19-8-6-16(11-19)10-17-7-9-23(27-14-17)26(33)20-12-21-22(13-20)24(21)31-15-28-29-30-31/h1-5,7,9,14-16,19-22,24-25,32H,6,8,10-13H2/t16-,19-,20?,21-,22+,24?,25+/m0/s1. The molecule has 0 aliphatic heterocycles. The molecule has 1 N–H and O–H groups in total. The number of aromatic nitrogens is 5. The Morgan fingerprint density at radius 3 is 2.58 bits per heavy atom. The maximum Gasteiger partial charge on any atom is 0.184 e. The molecule has 3 aliphatic rings. The molecule has 170 valence electrons. The number of hydrogen-bond acceptors (Lipinski definition) is 6. The number of nitrogens with zero attached hydrogens (tertiary/aromatic N) is 5.